The number of ether oxygens (including phenoxy) is 1. The summed E-state index contributed by atoms with van der Waals surface area (Å²) in [5, 5.41) is 12.9. The van der Waals surface area contributed by atoms with E-state index in [1.807, 2.05) is 30.5 Å². The van der Waals surface area contributed by atoms with Gasteiger partial charge in [0.15, 0.2) is 16.1 Å². The molecule has 0 fully saturated rings. The van der Waals surface area contributed by atoms with Crippen LogP contribution in [0.2, 0.25) is 5.15 Å². The molecule has 0 saturated heterocycles. The van der Waals surface area contributed by atoms with Crippen molar-refractivity contribution in [2.45, 2.75) is 5.16 Å². The first-order valence-electron chi connectivity index (χ1n) is 5.60. The Hall–Kier alpha value is -1.97. The van der Waals surface area contributed by atoms with Crippen LogP contribution < -0.4 is 10.1 Å². The number of nitrogens with one attached hydrogen (secondary N) is 1. The molecule has 7 heteroatoms. The molecule has 2 aromatic rings. The minimum Gasteiger partial charge on any atom is -0.497 e. The van der Waals surface area contributed by atoms with Gasteiger partial charge in [0.2, 0.25) is 0 Å². The Morgan fingerprint density at radius 2 is 2.20 bits per heavy atom. The summed E-state index contributed by atoms with van der Waals surface area (Å²) in [6.45, 7) is 0. The lowest BCUT2D eigenvalue weighted by atomic mass is 10.2. The topological polar surface area (TPSA) is 70.8 Å². The van der Waals surface area contributed by atoms with Crippen molar-refractivity contribution >= 4 is 34.9 Å². The van der Waals surface area contributed by atoms with Crippen LogP contribution in [0.5, 0.6) is 5.75 Å². The standard InChI is InChI=1S/C13H11ClN4OS/c1-19-9-5-3-4-8(6-9)16-12-10(7-15)11(14)17-13(18-12)20-2/h3-6H,1-2H3,(H,16,17,18). The van der Waals surface area contributed by atoms with E-state index in [0.717, 1.165) is 5.69 Å². The number of hydrogen-bond acceptors (Lipinski definition) is 6. The Morgan fingerprint density at radius 1 is 1.40 bits per heavy atom. The number of hydrogen-bond donors (Lipinski definition) is 1. The van der Waals surface area contributed by atoms with E-state index in [2.05, 4.69) is 15.3 Å². The normalized spacial score (nSPS) is 9.90. The Kier molecular flexibility index (Phi) is 4.66. The van der Waals surface area contributed by atoms with Crippen LogP contribution in [0.4, 0.5) is 11.5 Å². The molecule has 0 unspecified atom stereocenters. The SMILES string of the molecule is COc1cccc(Nc2nc(SC)nc(Cl)c2C#N)c1. The van der Waals surface area contributed by atoms with E-state index in [0.29, 0.717) is 16.7 Å². The number of anilines is 2. The molecule has 1 N–H and O–H groups in total. The summed E-state index contributed by atoms with van der Waals surface area (Å²) in [7, 11) is 1.59. The number of thioether (sulfide) groups is 1. The van der Waals surface area contributed by atoms with Gasteiger partial charge in [0.05, 0.1) is 7.11 Å². The van der Waals surface area contributed by atoms with Crippen LogP contribution in [0.3, 0.4) is 0 Å². The molecule has 0 aliphatic carbocycles. The third-order valence-corrected chi connectivity index (χ3v) is 3.29. The number of benzene rings is 1. The summed E-state index contributed by atoms with van der Waals surface area (Å²) in [4.78, 5) is 8.30. The molecule has 20 heavy (non-hydrogen) atoms. The van der Waals surface area contributed by atoms with Crippen molar-refractivity contribution in [3.05, 3.63) is 35.0 Å². The molecule has 0 saturated carbocycles. The van der Waals surface area contributed by atoms with Crippen LogP contribution in [0.15, 0.2) is 29.4 Å². The van der Waals surface area contributed by atoms with Crippen molar-refractivity contribution in [2.24, 2.45) is 0 Å². The van der Waals surface area contributed by atoms with E-state index in [1.165, 1.54) is 11.8 Å². The average Bonchev–Trinajstić information content (AvgIpc) is 2.47. The smallest absolute Gasteiger partial charge is 0.190 e. The number of halogens is 1. The van der Waals surface area contributed by atoms with Crippen molar-refractivity contribution in [3.8, 4) is 11.8 Å². The first kappa shape index (κ1) is 14.4. The molecule has 5 nitrogen and oxygen atoms in total. The van der Waals surface area contributed by atoms with Crippen LogP contribution in [-0.2, 0) is 0 Å². The summed E-state index contributed by atoms with van der Waals surface area (Å²) in [6, 6.07) is 9.32. The molecule has 102 valence electrons. The summed E-state index contributed by atoms with van der Waals surface area (Å²) < 4.78 is 5.15. The van der Waals surface area contributed by atoms with Gasteiger partial charge in [-0.05, 0) is 18.4 Å². The summed E-state index contributed by atoms with van der Waals surface area (Å²) in [5.41, 5.74) is 0.968. The van der Waals surface area contributed by atoms with Crippen molar-refractivity contribution in [3.63, 3.8) is 0 Å². The van der Waals surface area contributed by atoms with Gasteiger partial charge in [0.1, 0.15) is 17.4 Å². The van der Waals surface area contributed by atoms with Crippen LogP contribution in [0.25, 0.3) is 0 Å². The zero-order valence-corrected chi connectivity index (χ0v) is 12.4. The Morgan fingerprint density at radius 3 is 2.85 bits per heavy atom. The first-order chi connectivity index (χ1) is 9.67. The second-order valence-corrected chi connectivity index (χ2v) is 4.82. The molecule has 0 bridgehead atoms. The molecule has 0 spiro atoms. The molecule has 1 aromatic carbocycles. The van der Waals surface area contributed by atoms with Crippen molar-refractivity contribution in [1.29, 1.82) is 5.26 Å². The van der Waals surface area contributed by atoms with Crippen molar-refractivity contribution in [2.75, 3.05) is 18.7 Å². The molecule has 0 atom stereocenters. The Bertz CT molecular complexity index is 672. The van der Waals surface area contributed by atoms with Crippen LogP contribution in [-0.4, -0.2) is 23.3 Å². The van der Waals surface area contributed by atoms with Crippen molar-refractivity contribution in [1.82, 2.24) is 9.97 Å². The fourth-order valence-electron chi connectivity index (χ4n) is 1.53. The van der Waals surface area contributed by atoms with Crippen LogP contribution in [0, 0.1) is 11.3 Å². The molecule has 0 aliphatic rings. The fraction of sp³-hybridized carbons (Fsp3) is 0.154. The lowest BCUT2D eigenvalue weighted by Gasteiger charge is -2.10. The van der Waals surface area contributed by atoms with Gasteiger partial charge in [0, 0.05) is 11.8 Å². The van der Waals surface area contributed by atoms with Crippen molar-refractivity contribution < 1.29 is 4.74 Å². The number of rotatable bonds is 4. The highest BCUT2D eigenvalue weighted by atomic mass is 35.5. The quantitative estimate of drug-likeness (QED) is 0.530. The van der Waals surface area contributed by atoms with Crippen LogP contribution in [0.1, 0.15) is 5.56 Å². The van der Waals surface area contributed by atoms with E-state index in [1.54, 1.807) is 13.2 Å². The van der Waals surface area contributed by atoms with Gasteiger partial charge in [0.25, 0.3) is 0 Å². The molecular weight excluding hydrogens is 296 g/mol. The first-order valence-corrected chi connectivity index (χ1v) is 7.21. The van der Waals surface area contributed by atoms with Crippen LogP contribution >= 0.6 is 23.4 Å². The van der Waals surface area contributed by atoms with Gasteiger partial charge in [-0.1, -0.05) is 29.4 Å². The molecule has 1 heterocycles. The third-order valence-electron chi connectivity index (χ3n) is 2.47. The molecular formula is C13H11ClN4OS. The molecule has 2 rings (SSSR count). The minimum absolute atomic E-state index is 0.136. The highest BCUT2D eigenvalue weighted by Gasteiger charge is 2.13. The van der Waals surface area contributed by atoms with Gasteiger partial charge in [-0.15, -0.1) is 0 Å². The summed E-state index contributed by atoms with van der Waals surface area (Å²) in [6.07, 6.45) is 1.84. The Balaban J connectivity index is 2.41. The van der Waals surface area contributed by atoms with E-state index >= 15 is 0 Å². The zero-order valence-electron chi connectivity index (χ0n) is 10.8. The minimum atomic E-state index is 0.136. The lowest BCUT2D eigenvalue weighted by Crippen LogP contribution is -2.01. The van der Waals surface area contributed by atoms with Gasteiger partial charge in [-0.25, -0.2) is 9.97 Å². The Labute approximate surface area is 126 Å². The van der Waals surface area contributed by atoms with Gasteiger partial charge < -0.3 is 10.1 Å². The van der Waals surface area contributed by atoms with Gasteiger partial charge in [-0.3, -0.25) is 0 Å². The second-order valence-electron chi connectivity index (χ2n) is 3.69. The predicted octanol–water partition coefficient (Wildman–Crippen LogP) is 3.48. The number of nitrogens with zero attached hydrogens (tertiary/aromatic N) is 3. The van der Waals surface area contributed by atoms with E-state index in [4.69, 9.17) is 21.6 Å². The van der Waals surface area contributed by atoms with E-state index < -0.39 is 0 Å². The second kappa shape index (κ2) is 6.46. The monoisotopic (exact) mass is 306 g/mol. The fourth-order valence-corrected chi connectivity index (χ4v) is 2.16. The van der Waals surface area contributed by atoms with Gasteiger partial charge >= 0.3 is 0 Å². The largest absolute Gasteiger partial charge is 0.497 e. The molecule has 0 aliphatic heterocycles. The summed E-state index contributed by atoms with van der Waals surface area (Å²) >= 11 is 7.34. The van der Waals surface area contributed by atoms with E-state index in [-0.39, 0.29) is 10.7 Å². The number of aromatic nitrogens is 2. The maximum atomic E-state index is 9.16. The number of methoxy groups -OCH3 is 1. The highest BCUT2D eigenvalue weighted by Crippen LogP contribution is 2.27. The molecule has 0 amide bonds. The lowest BCUT2D eigenvalue weighted by molar-refractivity contribution is 0.415. The maximum Gasteiger partial charge on any atom is 0.190 e. The third kappa shape index (κ3) is 3.13. The molecule has 1 aromatic heterocycles. The predicted molar refractivity (Wildman–Crippen MR) is 79.8 cm³/mol. The van der Waals surface area contributed by atoms with E-state index in [9.17, 15) is 0 Å². The maximum absolute atomic E-state index is 9.16. The van der Waals surface area contributed by atoms with Gasteiger partial charge in [-0.2, -0.15) is 5.26 Å². The highest BCUT2D eigenvalue weighted by molar-refractivity contribution is 7.98. The number of nitriles is 1. The summed E-state index contributed by atoms with van der Waals surface area (Å²) in [5.74, 6) is 1.09. The average molecular weight is 307 g/mol. The molecule has 0 radical (unpaired) electrons. The zero-order chi connectivity index (χ0) is 14.5.